The Morgan fingerprint density at radius 3 is 1.90 bits per heavy atom. The first kappa shape index (κ1) is 26.0. The average molecular weight is 519 g/mol. The zero-order valence-corrected chi connectivity index (χ0v) is 22.7. The van der Waals surface area contributed by atoms with Crippen molar-refractivity contribution >= 4 is 0 Å². The molecule has 0 aromatic heterocycles. The Labute approximate surface area is 228 Å². The predicted octanol–water partition coefficient (Wildman–Crippen LogP) is 4.62. The Balaban J connectivity index is 0.00000272. The van der Waals surface area contributed by atoms with Crippen molar-refractivity contribution in [1.29, 1.82) is 0 Å². The van der Waals surface area contributed by atoms with Crippen molar-refractivity contribution in [1.82, 2.24) is 0 Å². The molecule has 1 aromatic carbocycles. The molecule has 1 heterocycles. The van der Waals surface area contributed by atoms with Crippen molar-refractivity contribution in [2.75, 3.05) is 0 Å². The van der Waals surface area contributed by atoms with Gasteiger partial charge in [-0.3, -0.25) is 0 Å². The molecule has 8 heteroatoms. The molecule has 1 aromatic rings. The van der Waals surface area contributed by atoms with Gasteiger partial charge in [-0.1, -0.05) is 18.9 Å². The van der Waals surface area contributed by atoms with E-state index in [4.69, 9.17) is 4.74 Å². The van der Waals surface area contributed by atoms with Crippen molar-refractivity contribution in [2.45, 2.75) is 82.7 Å². The molecule has 1 atom stereocenters. The number of fused-ring (bicyclic) bond motifs is 1. The van der Waals surface area contributed by atoms with E-state index in [9.17, 15) is 26.3 Å². The van der Waals surface area contributed by atoms with E-state index in [-0.39, 0.29) is 69.7 Å². The van der Waals surface area contributed by atoms with Gasteiger partial charge >= 0.3 is 70.5 Å². The fourth-order valence-corrected chi connectivity index (χ4v) is 5.73. The molecule has 1 unspecified atom stereocenters. The Kier molecular flexibility index (Phi) is 8.68. The molecule has 2 fully saturated rings. The summed E-state index contributed by atoms with van der Waals surface area (Å²) in [4.78, 5) is 0. The molecule has 168 valence electrons. The Bertz CT molecular complexity index is 746. The molecule has 0 saturated heterocycles. The smallest absolute Gasteiger partial charge is 0.489 e. The van der Waals surface area contributed by atoms with Gasteiger partial charge in [0.15, 0.2) is 0 Å². The number of halogens is 6. The van der Waals surface area contributed by atoms with Gasteiger partial charge in [0.1, 0.15) is 17.4 Å². The Morgan fingerprint density at radius 1 is 0.742 bits per heavy atom. The fourth-order valence-electron chi connectivity index (χ4n) is 5.73. The molecule has 0 radical (unpaired) electrons. The zero-order chi connectivity index (χ0) is 21.5. The molecule has 0 amide bonds. The van der Waals surface area contributed by atoms with Crippen molar-refractivity contribution in [3.8, 4) is 5.75 Å². The fraction of sp³-hybridized carbons (Fsp3) is 0.696. The number of benzene rings is 1. The van der Waals surface area contributed by atoms with Crippen LogP contribution in [0.1, 0.15) is 74.5 Å². The second-order valence-corrected chi connectivity index (χ2v) is 9.05. The summed E-state index contributed by atoms with van der Waals surface area (Å²) in [5.74, 6) is 0.905. The first-order valence-electron chi connectivity index (χ1n) is 10.9. The van der Waals surface area contributed by atoms with Crippen molar-refractivity contribution in [3.05, 3.63) is 35.2 Å². The van der Waals surface area contributed by atoms with Crippen LogP contribution in [0.15, 0.2) is 12.1 Å². The van der Waals surface area contributed by atoms with Gasteiger partial charge in [0.05, 0.1) is 5.56 Å². The van der Waals surface area contributed by atoms with Crippen LogP contribution in [0.25, 0.3) is 0 Å². The van der Waals surface area contributed by atoms with Crippen molar-refractivity contribution < 1.29 is 89.3 Å². The van der Waals surface area contributed by atoms with Gasteiger partial charge in [-0.25, -0.2) is 0 Å². The van der Waals surface area contributed by atoms with Crippen LogP contribution < -0.4 is 62.9 Å². The molecule has 0 N–H and O–H groups in total. The van der Waals surface area contributed by atoms with Crippen LogP contribution >= 0.6 is 0 Å². The van der Waals surface area contributed by atoms with Crippen LogP contribution in [-0.4, -0.2) is 6.10 Å². The van der Waals surface area contributed by atoms with Gasteiger partial charge in [0, 0.05) is 0 Å². The molecule has 0 spiro atoms. The summed E-state index contributed by atoms with van der Waals surface area (Å²) < 4.78 is 86.3. The summed E-state index contributed by atoms with van der Waals surface area (Å²) in [7, 11) is 0. The molecule has 1 nitrogen and oxygen atoms in total. The summed E-state index contributed by atoms with van der Waals surface area (Å²) in [6, 6.07) is 1.68. The minimum Gasteiger partial charge on any atom is -0.489 e. The molecule has 3 aliphatic rings. The van der Waals surface area contributed by atoms with Gasteiger partial charge in [0.25, 0.3) is 0 Å². The van der Waals surface area contributed by atoms with E-state index >= 15 is 0 Å². The summed E-state index contributed by atoms with van der Waals surface area (Å²) >= 11 is 0. The predicted molar refractivity (Wildman–Crippen MR) is 101 cm³/mol. The molecule has 4 rings (SSSR count). The van der Waals surface area contributed by atoms with Gasteiger partial charge in [-0.2, -0.15) is 39.2 Å². The Morgan fingerprint density at radius 2 is 1.32 bits per heavy atom. The van der Waals surface area contributed by atoms with Crippen LogP contribution in [0.4, 0.5) is 26.3 Å². The van der Waals surface area contributed by atoms with Crippen LogP contribution in [0.3, 0.4) is 0 Å². The average Bonchev–Trinajstić information content (AvgIpc) is 2.72. The maximum absolute atomic E-state index is 13.6. The summed E-state index contributed by atoms with van der Waals surface area (Å²) in [5, 5.41) is 0. The number of ether oxygens (including phenoxy) is 1. The summed E-state index contributed by atoms with van der Waals surface area (Å²) in [6.45, 7) is 0. The van der Waals surface area contributed by atoms with Gasteiger partial charge in [-0.15, -0.1) is 0 Å². The van der Waals surface area contributed by atoms with E-state index in [2.05, 4.69) is 6.42 Å². The number of alkyl halides is 6. The number of hydrogen-bond acceptors (Lipinski definition) is 1. The number of aryl methyl sites for hydroxylation is 1. The SMILES string of the molecule is FC(F)(F)c1ccc2c(c1C(F)(F)F)OC(C1CCC(C3CC[CH-]CC3)CC1)CC2.[Rb+]. The van der Waals surface area contributed by atoms with E-state index in [0.29, 0.717) is 24.8 Å². The van der Waals surface area contributed by atoms with Crippen molar-refractivity contribution in [3.63, 3.8) is 0 Å². The zero-order valence-electron chi connectivity index (χ0n) is 17.8. The van der Waals surface area contributed by atoms with Gasteiger partial charge in [-0.05, 0) is 67.9 Å². The first-order valence-corrected chi connectivity index (χ1v) is 10.9. The maximum Gasteiger partial charge on any atom is 1.00 e. The van der Waals surface area contributed by atoms with E-state index < -0.39 is 35.3 Å². The third kappa shape index (κ3) is 5.91. The minimum absolute atomic E-state index is 0. The largest absolute Gasteiger partial charge is 1.00 e. The number of rotatable bonds is 2. The first-order chi connectivity index (χ1) is 14.1. The summed E-state index contributed by atoms with van der Waals surface area (Å²) in [6.07, 6.45) is 1.18. The quantitative estimate of drug-likeness (QED) is 0.410. The van der Waals surface area contributed by atoms with E-state index in [0.717, 1.165) is 50.5 Å². The molecule has 1 aliphatic heterocycles. The molecular weight excluding hydrogens is 492 g/mol. The second kappa shape index (κ2) is 10.3. The molecule has 2 saturated carbocycles. The van der Waals surface area contributed by atoms with Crippen molar-refractivity contribution in [2.24, 2.45) is 17.8 Å². The molecular formula is C23H27F6ORb. The van der Waals surface area contributed by atoms with E-state index in [1.165, 1.54) is 12.8 Å². The van der Waals surface area contributed by atoms with Crippen LogP contribution in [0, 0.1) is 24.2 Å². The van der Waals surface area contributed by atoms with E-state index in [1.807, 2.05) is 0 Å². The normalized spacial score (nSPS) is 27.7. The van der Waals surface area contributed by atoms with Crippen LogP contribution in [0.5, 0.6) is 5.75 Å². The molecule has 0 bridgehead atoms. The number of hydrogen-bond donors (Lipinski definition) is 0. The maximum atomic E-state index is 13.6. The van der Waals surface area contributed by atoms with Gasteiger partial charge < -0.3 is 11.2 Å². The van der Waals surface area contributed by atoms with Gasteiger partial charge in [0.2, 0.25) is 0 Å². The summed E-state index contributed by atoms with van der Waals surface area (Å²) in [5.41, 5.74) is -3.10. The third-order valence-electron chi connectivity index (χ3n) is 7.29. The Hall–Kier alpha value is 0.405. The monoisotopic (exact) mass is 518 g/mol. The molecule has 31 heavy (non-hydrogen) atoms. The topological polar surface area (TPSA) is 9.23 Å². The molecule has 2 aliphatic carbocycles. The second-order valence-electron chi connectivity index (χ2n) is 9.05. The van der Waals surface area contributed by atoms with Crippen LogP contribution in [0.2, 0.25) is 0 Å². The standard InChI is InChI=1S/C23H27F6O.Rb/c24-22(25,26)18-12-10-17-11-13-19(30-21(17)20(18)23(27,28)29)16-8-6-15(7-9-16)14-4-2-1-3-5-14;/h1,10,12,14-16,19H,2-9,11,13H2;/q-1;+1. The third-order valence-corrected chi connectivity index (χ3v) is 7.29. The van der Waals surface area contributed by atoms with Crippen LogP contribution in [-0.2, 0) is 18.8 Å². The van der Waals surface area contributed by atoms with E-state index in [1.54, 1.807) is 0 Å². The minimum atomic E-state index is -5.12.